The van der Waals surface area contributed by atoms with Crippen LogP contribution >= 0.6 is 7.82 Å². The summed E-state index contributed by atoms with van der Waals surface area (Å²) in [6.45, 7) is 3.56. The number of phosphoric acid groups is 1. The summed E-state index contributed by atoms with van der Waals surface area (Å²) in [6, 6.07) is 0. The van der Waals surface area contributed by atoms with Crippen LogP contribution in [-0.2, 0) is 52.0 Å². The van der Waals surface area contributed by atoms with Gasteiger partial charge in [-0.05, 0) is 0 Å². The van der Waals surface area contributed by atoms with Gasteiger partial charge < -0.3 is 33.5 Å². The van der Waals surface area contributed by atoms with Gasteiger partial charge in [-0.2, -0.15) is 0 Å². The second-order valence-electron chi connectivity index (χ2n) is 5.66. The first-order chi connectivity index (χ1) is 12.8. The lowest BCUT2D eigenvalue weighted by Gasteiger charge is -2.43. The molecule has 0 saturated carbocycles. The lowest BCUT2D eigenvalue weighted by atomic mass is 9.98. The Morgan fingerprint density at radius 2 is 1.29 bits per heavy atom. The molecule has 0 spiro atoms. The summed E-state index contributed by atoms with van der Waals surface area (Å²) in [5, 5.41) is 0. The molecule has 2 N–H and O–H groups in total. The van der Waals surface area contributed by atoms with E-state index < -0.39 is 69.0 Å². The van der Waals surface area contributed by atoms with Crippen molar-refractivity contribution in [3.05, 3.63) is 0 Å². The zero-order chi connectivity index (χ0) is 21.6. The Morgan fingerprint density at radius 3 is 1.71 bits per heavy atom. The molecule has 1 rings (SSSR count). The lowest BCUT2D eigenvalue weighted by molar-refractivity contribution is -0.291. The quantitative estimate of drug-likeness (QED) is 0.292. The van der Waals surface area contributed by atoms with Crippen LogP contribution in [0.1, 0.15) is 27.7 Å². The van der Waals surface area contributed by atoms with Crippen molar-refractivity contribution in [2.24, 2.45) is 0 Å². The number of carbonyl (C=O) groups is 4. The Hall–Kier alpha value is -2.05. The molecule has 28 heavy (non-hydrogen) atoms. The Bertz CT molecular complexity index is 656. The minimum atomic E-state index is -5.16. The van der Waals surface area contributed by atoms with Gasteiger partial charge in [-0.25, -0.2) is 4.57 Å². The van der Waals surface area contributed by atoms with E-state index in [0.717, 1.165) is 27.7 Å². The highest BCUT2D eigenvalue weighted by molar-refractivity contribution is 7.46. The van der Waals surface area contributed by atoms with Gasteiger partial charge >= 0.3 is 31.7 Å². The molecule has 0 amide bonds. The van der Waals surface area contributed by atoms with Crippen LogP contribution in [0.5, 0.6) is 0 Å². The minimum Gasteiger partial charge on any atom is -0.463 e. The van der Waals surface area contributed by atoms with E-state index >= 15 is 0 Å². The topological polar surface area (TPSA) is 181 Å². The second kappa shape index (κ2) is 9.94. The first kappa shape index (κ1) is 24.0. The number of phosphoric ester groups is 1. The van der Waals surface area contributed by atoms with Crippen LogP contribution in [-0.4, -0.2) is 71.0 Å². The number of ether oxygens (including phenoxy) is 5. The summed E-state index contributed by atoms with van der Waals surface area (Å²) in [4.78, 5) is 63.7. The van der Waals surface area contributed by atoms with E-state index in [0.29, 0.717) is 0 Å². The second-order valence-corrected chi connectivity index (χ2v) is 6.86. The molecule has 0 aromatic heterocycles. The number of carbonyl (C=O) groups excluding carboxylic acids is 4. The predicted molar refractivity (Wildman–Crippen MR) is 85.1 cm³/mol. The van der Waals surface area contributed by atoms with Crippen molar-refractivity contribution in [3.8, 4) is 0 Å². The van der Waals surface area contributed by atoms with Crippen molar-refractivity contribution in [1.82, 2.24) is 0 Å². The molecule has 0 radical (unpaired) electrons. The van der Waals surface area contributed by atoms with Gasteiger partial charge in [0.05, 0.1) is 0 Å². The molecule has 5 atom stereocenters. The van der Waals surface area contributed by atoms with Gasteiger partial charge in [0.2, 0.25) is 6.29 Å². The maximum Gasteiger partial charge on any atom is 0.472 e. The number of hydrogen-bond acceptors (Lipinski definition) is 11. The van der Waals surface area contributed by atoms with Crippen molar-refractivity contribution >= 4 is 31.7 Å². The van der Waals surface area contributed by atoms with Crippen LogP contribution in [0, 0.1) is 0 Å². The Balaban J connectivity index is 3.34. The van der Waals surface area contributed by atoms with Crippen molar-refractivity contribution in [2.75, 3.05) is 6.61 Å². The third kappa shape index (κ3) is 7.90. The smallest absolute Gasteiger partial charge is 0.463 e. The van der Waals surface area contributed by atoms with E-state index in [1.165, 1.54) is 0 Å². The lowest BCUT2D eigenvalue weighted by Crippen LogP contribution is -2.62. The van der Waals surface area contributed by atoms with Gasteiger partial charge in [-0.3, -0.25) is 23.7 Å². The summed E-state index contributed by atoms with van der Waals surface area (Å²) in [7, 11) is -5.16. The maximum absolute atomic E-state index is 11.5. The third-order valence-electron chi connectivity index (χ3n) is 3.19. The molecule has 1 aliphatic heterocycles. The van der Waals surface area contributed by atoms with Crippen molar-refractivity contribution in [2.45, 2.75) is 58.4 Å². The molecule has 0 aliphatic carbocycles. The molecule has 0 aromatic rings. The zero-order valence-electron chi connectivity index (χ0n) is 15.4. The van der Waals surface area contributed by atoms with Gasteiger partial charge in [0.1, 0.15) is 12.7 Å². The highest BCUT2D eigenvalue weighted by atomic mass is 31.2. The molecular formula is C14H21O13P. The minimum absolute atomic E-state index is 0.543. The molecule has 0 bridgehead atoms. The highest BCUT2D eigenvalue weighted by Crippen LogP contribution is 2.42. The van der Waals surface area contributed by atoms with E-state index in [4.69, 9.17) is 33.5 Å². The average Bonchev–Trinajstić information content (AvgIpc) is 2.48. The Labute approximate surface area is 159 Å². The Morgan fingerprint density at radius 1 is 0.821 bits per heavy atom. The summed E-state index contributed by atoms with van der Waals surface area (Å²) in [5.41, 5.74) is 0. The number of esters is 4. The van der Waals surface area contributed by atoms with Gasteiger partial charge in [-0.1, -0.05) is 0 Å². The van der Waals surface area contributed by atoms with E-state index in [2.05, 4.69) is 4.52 Å². The molecule has 1 saturated heterocycles. The highest BCUT2D eigenvalue weighted by Gasteiger charge is 2.54. The van der Waals surface area contributed by atoms with Gasteiger partial charge in [-0.15, -0.1) is 0 Å². The molecular weight excluding hydrogens is 407 g/mol. The van der Waals surface area contributed by atoms with E-state index in [9.17, 15) is 23.7 Å². The molecule has 0 aromatic carbocycles. The van der Waals surface area contributed by atoms with Crippen molar-refractivity contribution in [1.29, 1.82) is 0 Å². The molecule has 1 fully saturated rings. The van der Waals surface area contributed by atoms with Crippen molar-refractivity contribution < 1.29 is 61.7 Å². The summed E-state index contributed by atoms with van der Waals surface area (Å²) >= 11 is 0. The van der Waals surface area contributed by atoms with Crippen LogP contribution in [0.15, 0.2) is 0 Å². The van der Waals surface area contributed by atoms with Crippen molar-refractivity contribution in [3.63, 3.8) is 0 Å². The molecule has 0 unspecified atom stereocenters. The van der Waals surface area contributed by atoms with E-state index in [1.54, 1.807) is 0 Å². The zero-order valence-corrected chi connectivity index (χ0v) is 16.3. The van der Waals surface area contributed by atoms with Crippen LogP contribution in [0.25, 0.3) is 0 Å². The summed E-state index contributed by atoms with van der Waals surface area (Å²) in [6.07, 6.45) is -8.01. The SMILES string of the molecule is CC(=O)OC[C@H]1O[C@@H](OP(=O)(O)O)[C@@H](OC(C)=O)[C@@H](OC(C)=O)[C@@H]1OC(C)=O. The largest absolute Gasteiger partial charge is 0.472 e. The third-order valence-corrected chi connectivity index (χ3v) is 3.67. The molecule has 1 aliphatic rings. The first-order valence-electron chi connectivity index (χ1n) is 7.84. The average molecular weight is 428 g/mol. The standard InChI is InChI=1S/C14H21O13P/c1-6(15)22-5-10-11(23-7(2)16)12(24-8(3)17)13(25-9(4)18)14(26-10)27-28(19,20)21/h10-14H,5H2,1-4H3,(H2,19,20,21)/t10-,11-,12+,13+,14+/m1/s1. The van der Waals surface area contributed by atoms with Crippen LogP contribution < -0.4 is 0 Å². The number of rotatable bonds is 7. The fraction of sp³-hybridized carbons (Fsp3) is 0.714. The maximum atomic E-state index is 11.5. The van der Waals surface area contributed by atoms with Crippen LogP contribution in [0.3, 0.4) is 0 Å². The van der Waals surface area contributed by atoms with Gasteiger partial charge in [0, 0.05) is 27.7 Å². The van der Waals surface area contributed by atoms with Crippen LogP contribution in [0.2, 0.25) is 0 Å². The van der Waals surface area contributed by atoms with Gasteiger partial charge in [0.15, 0.2) is 18.3 Å². The molecule has 14 heteroatoms. The summed E-state index contributed by atoms with van der Waals surface area (Å²) in [5.74, 6) is -3.38. The first-order valence-corrected chi connectivity index (χ1v) is 9.37. The fourth-order valence-electron chi connectivity index (χ4n) is 2.41. The molecule has 1 heterocycles. The fourth-order valence-corrected chi connectivity index (χ4v) is 2.85. The van der Waals surface area contributed by atoms with Gasteiger partial charge in [0.25, 0.3) is 0 Å². The van der Waals surface area contributed by atoms with Crippen LogP contribution in [0.4, 0.5) is 0 Å². The van der Waals surface area contributed by atoms with E-state index in [1.807, 2.05) is 0 Å². The normalized spacial score (nSPS) is 27.4. The summed E-state index contributed by atoms with van der Waals surface area (Å²) < 4.78 is 40.9. The van der Waals surface area contributed by atoms with E-state index in [-0.39, 0.29) is 0 Å². The predicted octanol–water partition coefficient (Wildman–Crippen LogP) is -0.821. The molecule has 13 nitrogen and oxygen atoms in total. The number of hydrogen-bond donors (Lipinski definition) is 2. The molecule has 160 valence electrons. The monoisotopic (exact) mass is 428 g/mol. The Kier molecular flexibility index (Phi) is 8.51.